The average molecular weight is 519 g/mol. The summed E-state index contributed by atoms with van der Waals surface area (Å²) in [6.07, 6.45) is 11.6. The number of piperidine rings is 1. The molecule has 1 saturated carbocycles. The highest BCUT2D eigenvalue weighted by atomic mass is 19.1. The second kappa shape index (κ2) is 10.8. The molecule has 4 aromatic rings. The maximum Gasteiger partial charge on any atom is 0.141 e. The molecule has 10 heteroatoms. The maximum atomic E-state index is 14.3. The largest absolute Gasteiger partial charge is 0.490 e. The summed E-state index contributed by atoms with van der Waals surface area (Å²) in [4.78, 5) is 16.6. The molecule has 4 heterocycles. The highest BCUT2D eigenvalue weighted by molar-refractivity contribution is 5.89. The number of benzene rings is 1. The first-order valence-corrected chi connectivity index (χ1v) is 13.5. The van der Waals surface area contributed by atoms with Crippen molar-refractivity contribution in [2.45, 2.75) is 50.4 Å². The Hall–Kier alpha value is -3.34. The fraction of sp³-hybridized carbons (Fsp3) is 0.464. The number of hydrogen-bond donors (Lipinski definition) is 2. The lowest BCUT2D eigenvalue weighted by atomic mass is 10.1. The molecule has 2 aliphatic rings. The Morgan fingerprint density at radius 1 is 1.18 bits per heavy atom. The number of rotatable bonds is 10. The lowest BCUT2D eigenvalue weighted by molar-refractivity contribution is 0.0912. The molecule has 38 heavy (non-hydrogen) atoms. The molecule has 0 bridgehead atoms. The van der Waals surface area contributed by atoms with Gasteiger partial charge in [0.15, 0.2) is 0 Å². The highest BCUT2D eigenvalue weighted by Crippen LogP contribution is 2.29. The molecule has 1 unspecified atom stereocenters. The molecule has 9 nitrogen and oxygen atoms in total. The third-order valence-corrected chi connectivity index (χ3v) is 7.71. The lowest BCUT2D eigenvalue weighted by Crippen LogP contribution is -2.42. The van der Waals surface area contributed by atoms with Crippen molar-refractivity contribution in [2.24, 2.45) is 5.73 Å². The zero-order valence-corrected chi connectivity index (χ0v) is 21.8. The van der Waals surface area contributed by atoms with Gasteiger partial charge < -0.3 is 20.4 Å². The zero-order valence-electron chi connectivity index (χ0n) is 21.8. The first kappa shape index (κ1) is 25.0. The summed E-state index contributed by atoms with van der Waals surface area (Å²) in [5, 5.41) is 5.59. The van der Waals surface area contributed by atoms with E-state index in [2.05, 4.69) is 36.9 Å². The van der Waals surface area contributed by atoms with E-state index in [1.165, 1.54) is 18.9 Å². The molecule has 1 aliphatic heterocycles. The van der Waals surface area contributed by atoms with Crippen LogP contribution in [0.2, 0.25) is 0 Å². The summed E-state index contributed by atoms with van der Waals surface area (Å²) < 4.78 is 22.5. The molecule has 200 valence electrons. The van der Waals surface area contributed by atoms with Crippen LogP contribution in [0, 0.1) is 5.82 Å². The minimum atomic E-state index is -0.234. The molecular formula is C28H35FN8O. The van der Waals surface area contributed by atoms with E-state index in [4.69, 9.17) is 10.5 Å². The zero-order chi connectivity index (χ0) is 26.1. The van der Waals surface area contributed by atoms with Gasteiger partial charge in [0.25, 0.3) is 0 Å². The highest BCUT2D eigenvalue weighted by Gasteiger charge is 2.27. The van der Waals surface area contributed by atoms with Crippen LogP contribution in [-0.2, 0) is 6.54 Å². The van der Waals surface area contributed by atoms with E-state index in [0.717, 1.165) is 66.9 Å². The topological polar surface area (TPSA) is 101 Å². The smallest absolute Gasteiger partial charge is 0.141 e. The fourth-order valence-corrected chi connectivity index (χ4v) is 5.44. The van der Waals surface area contributed by atoms with Crippen LogP contribution in [0.15, 0.2) is 49.2 Å². The molecule has 1 atom stereocenters. The first-order chi connectivity index (χ1) is 18.6. The van der Waals surface area contributed by atoms with Crippen molar-refractivity contribution in [1.82, 2.24) is 34.5 Å². The number of fused-ring (bicyclic) bond motifs is 1. The van der Waals surface area contributed by atoms with E-state index in [1.807, 2.05) is 35.4 Å². The number of hydrogen-bond acceptors (Lipinski definition) is 7. The number of H-pyrrole nitrogens is 1. The van der Waals surface area contributed by atoms with E-state index in [9.17, 15) is 4.39 Å². The third-order valence-electron chi connectivity index (χ3n) is 7.71. The summed E-state index contributed by atoms with van der Waals surface area (Å²) in [6, 6.07) is 7.79. The number of nitrogens with one attached hydrogen (secondary N) is 1. The molecule has 3 N–H and O–H groups in total. The van der Waals surface area contributed by atoms with E-state index in [-0.39, 0.29) is 18.0 Å². The Morgan fingerprint density at radius 2 is 2.03 bits per heavy atom. The monoisotopic (exact) mass is 518 g/mol. The van der Waals surface area contributed by atoms with Crippen LogP contribution in [0.3, 0.4) is 0 Å². The molecule has 1 aromatic carbocycles. The summed E-state index contributed by atoms with van der Waals surface area (Å²) >= 11 is 0. The number of nitrogens with two attached hydrogens (primary N) is 1. The van der Waals surface area contributed by atoms with Gasteiger partial charge in [-0.15, -0.1) is 0 Å². The van der Waals surface area contributed by atoms with Crippen molar-refractivity contribution >= 4 is 11.0 Å². The molecule has 1 aliphatic carbocycles. The second-order valence-corrected chi connectivity index (χ2v) is 10.6. The number of aromatic nitrogens is 5. The molecular weight excluding hydrogens is 483 g/mol. The van der Waals surface area contributed by atoms with Gasteiger partial charge in [-0.05, 0) is 56.5 Å². The fourth-order valence-electron chi connectivity index (χ4n) is 5.44. The molecule has 2 fully saturated rings. The molecule has 0 amide bonds. The van der Waals surface area contributed by atoms with E-state index in [0.29, 0.717) is 18.3 Å². The Balaban J connectivity index is 1.04. The van der Waals surface area contributed by atoms with Crippen LogP contribution in [0.1, 0.15) is 37.3 Å². The molecule has 6 rings (SSSR count). The van der Waals surface area contributed by atoms with Crippen LogP contribution in [0.4, 0.5) is 4.39 Å². The van der Waals surface area contributed by atoms with Gasteiger partial charge in [-0.3, -0.25) is 9.58 Å². The average Bonchev–Trinajstić information content (AvgIpc) is 3.46. The van der Waals surface area contributed by atoms with Gasteiger partial charge in [0.05, 0.1) is 17.9 Å². The number of halogens is 1. The van der Waals surface area contributed by atoms with Gasteiger partial charge in [0.1, 0.15) is 29.6 Å². The van der Waals surface area contributed by atoms with Crippen molar-refractivity contribution < 1.29 is 9.13 Å². The quantitative estimate of drug-likeness (QED) is 0.331. The summed E-state index contributed by atoms with van der Waals surface area (Å²) in [5.41, 5.74) is 9.76. The van der Waals surface area contributed by atoms with Crippen LogP contribution in [0.25, 0.3) is 22.3 Å². The van der Waals surface area contributed by atoms with Crippen molar-refractivity contribution in [1.29, 1.82) is 0 Å². The molecule has 1 saturated heterocycles. The van der Waals surface area contributed by atoms with E-state index < -0.39 is 0 Å². The van der Waals surface area contributed by atoms with E-state index >= 15 is 0 Å². The lowest BCUT2D eigenvalue weighted by Gasteiger charge is -2.34. The predicted octanol–water partition coefficient (Wildman–Crippen LogP) is 3.60. The minimum absolute atomic E-state index is 0.0546. The Bertz CT molecular complexity index is 1370. The summed E-state index contributed by atoms with van der Waals surface area (Å²) in [5.74, 6) is 0.399. The molecule has 0 radical (unpaired) electrons. The number of aromatic amines is 1. The SMILES string of the molecule is CN(Cc1cc(F)cc(OC2CCN(CC(CN)n3cc(-c4ncnc5[nH]ccc45)cn3)CC2)c1)C1CC1. The molecule has 0 spiro atoms. The van der Waals surface area contributed by atoms with Crippen LogP contribution < -0.4 is 10.5 Å². The number of nitrogens with zero attached hydrogens (tertiary/aromatic N) is 6. The maximum absolute atomic E-state index is 14.3. The van der Waals surface area contributed by atoms with Crippen molar-refractivity contribution in [3.05, 3.63) is 60.6 Å². The Morgan fingerprint density at radius 3 is 2.82 bits per heavy atom. The van der Waals surface area contributed by atoms with E-state index in [1.54, 1.807) is 12.4 Å². The second-order valence-electron chi connectivity index (χ2n) is 10.6. The van der Waals surface area contributed by atoms with Gasteiger partial charge in [-0.2, -0.15) is 5.10 Å². The number of ether oxygens (including phenoxy) is 1. The predicted molar refractivity (Wildman–Crippen MR) is 144 cm³/mol. The summed E-state index contributed by atoms with van der Waals surface area (Å²) in [7, 11) is 2.11. The Kier molecular flexibility index (Phi) is 7.10. The van der Waals surface area contributed by atoms with Crippen LogP contribution >= 0.6 is 0 Å². The Labute approximate surface area is 221 Å². The first-order valence-electron chi connectivity index (χ1n) is 13.5. The van der Waals surface area contributed by atoms with Crippen LogP contribution in [0.5, 0.6) is 5.75 Å². The van der Waals surface area contributed by atoms with Gasteiger partial charge in [0, 0.05) is 68.2 Å². The van der Waals surface area contributed by atoms with Crippen molar-refractivity contribution in [3.8, 4) is 17.0 Å². The third kappa shape index (κ3) is 5.57. The minimum Gasteiger partial charge on any atom is -0.490 e. The number of likely N-dealkylation sites (tertiary alicyclic amines) is 1. The van der Waals surface area contributed by atoms with Gasteiger partial charge >= 0.3 is 0 Å². The van der Waals surface area contributed by atoms with Crippen molar-refractivity contribution in [3.63, 3.8) is 0 Å². The standard InChI is InChI=1S/C28H35FN8O/c1-35(22-2-3-22)15-19-10-21(29)12-25(11-19)38-24-5-8-36(9-6-24)17-23(13-30)37-16-20(14-34-37)27-26-4-7-31-28(26)33-18-32-27/h4,7,10-12,14,16,18,22-24H,2-3,5-6,8-9,13,15,17,30H2,1H3,(H,31,32,33). The summed E-state index contributed by atoms with van der Waals surface area (Å²) in [6.45, 7) is 3.85. The van der Waals surface area contributed by atoms with Crippen molar-refractivity contribution in [2.75, 3.05) is 33.2 Å². The van der Waals surface area contributed by atoms with Gasteiger partial charge in [0.2, 0.25) is 0 Å². The van der Waals surface area contributed by atoms with Crippen LogP contribution in [-0.4, -0.2) is 79.9 Å². The molecule has 3 aromatic heterocycles. The van der Waals surface area contributed by atoms with Gasteiger partial charge in [-0.25, -0.2) is 14.4 Å². The normalized spacial score (nSPS) is 17.9. The van der Waals surface area contributed by atoms with Gasteiger partial charge in [-0.1, -0.05) is 0 Å².